The molecule has 356 valence electrons. The first kappa shape index (κ1) is 48.7. The van der Waals surface area contributed by atoms with Gasteiger partial charge in [-0.2, -0.15) is 0 Å². The lowest BCUT2D eigenvalue weighted by Crippen LogP contribution is -2.67. The van der Waals surface area contributed by atoms with Gasteiger partial charge in [-0.15, -0.1) is 0 Å². The van der Waals surface area contributed by atoms with Crippen molar-refractivity contribution < 1.29 is 79.2 Å². The Balaban J connectivity index is 1.13. The second-order valence-electron chi connectivity index (χ2n) is 21.5. The van der Waals surface area contributed by atoms with Gasteiger partial charge in [0.25, 0.3) is 0 Å². The van der Waals surface area contributed by atoms with Crippen LogP contribution in [-0.4, -0.2) is 164 Å². The van der Waals surface area contributed by atoms with Crippen LogP contribution < -0.4 is 0 Å². The Morgan fingerprint density at radius 1 is 0.710 bits per heavy atom. The summed E-state index contributed by atoms with van der Waals surface area (Å²) in [5.74, 6) is 0.171. The van der Waals surface area contributed by atoms with E-state index in [1.807, 2.05) is 13.8 Å². The molecule has 3 heterocycles. The zero-order valence-electron chi connectivity index (χ0n) is 37.6. The molecular weight excluding hydrogens is 808 g/mol. The van der Waals surface area contributed by atoms with Crippen LogP contribution in [0, 0.1) is 45.3 Å². The molecule has 0 bridgehead atoms. The molecule has 7 aliphatic rings. The van der Waals surface area contributed by atoms with E-state index < -0.39 is 102 Å². The predicted molar refractivity (Wildman–Crippen MR) is 221 cm³/mol. The van der Waals surface area contributed by atoms with Crippen molar-refractivity contribution in [3.05, 3.63) is 11.6 Å². The third-order valence-electron chi connectivity index (χ3n) is 17.8. The van der Waals surface area contributed by atoms with Crippen LogP contribution in [0.5, 0.6) is 0 Å². The second kappa shape index (κ2) is 18.1. The summed E-state index contributed by atoms with van der Waals surface area (Å²) < 4.78 is 36.7. The van der Waals surface area contributed by atoms with Crippen molar-refractivity contribution in [3.63, 3.8) is 0 Å². The molecule has 0 aromatic carbocycles. The summed E-state index contributed by atoms with van der Waals surface area (Å²) >= 11 is 0. The Hall–Kier alpha value is -1.19. The normalized spacial score (nSPS) is 51.3. The van der Waals surface area contributed by atoms with E-state index in [2.05, 4.69) is 33.8 Å². The molecule has 4 saturated carbocycles. The van der Waals surface area contributed by atoms with E-state index in [4.69, 9.17) is 28.4 Å². The first-order valence-corrected chi connectivity index (χ1v) is 23.1. The Kier molecular flexibility index (Phi) is 14.3. The average molecular weight is 885 g/mol. The number of aliphatic hydroxyl groups excluding tert-OH is 8. The number of hydrogen-bond donors (Lipinski definition) is 9. The lowest BCUT2D eigenvalue weighted by Gasteiger charge is -2.69. The molecule has 0 aromatic heterocycles. The van der Waals surface area contributed by atoms with Crippen LogP contribution in [0.15, 0.2) is 11.6 Å². The van der Waals surface area contributed by atoms with Crippen molar-refractivity contribution in [3.8, 4) is 0 Å². The van der Waals surface area contributed by atoms with Crippen LogP contribution in [0.25, 0.3) is 0 Å². The molecule has 3 aliphatic heterocycles. The number of rotatable bonds is 12. The van der Waals surface area contributed by atoms with Crippen LogP contribution in [-0.2, 0) is 33.2 Å². The van der Waals surface area contributed by atoms with Crippen molar-refractivity contribution in [1.29, 1.82) is 0 Å². The van der Waals surface area contributed by atoms with Crippen LogP contribution in [0.3, 0.4) is 0 Å². The van der Waals surface area contributed by atoms with E-state index in [9.17, 15) is 50.8 Å². The first-order chi connectivity index (χ1) is 29.1. The molecule has 0 amide bonds. The molecule has 0 aromatic rings. The molecule has 16 heteroatoms. The van der Waals surface area contributed by atoms with Crippen molar-refractivity contribution >= 4 is 6.29 Å². The number of aldehydes is 1. The van der Waals surface area contributed by atoms with Crippen LogP contribution in [0.4, 0.5) is 0 Å². The maximum Gasteiger partial charge on any atom is 0.187 e. The summed E-state index contributed by atoms with van der Waals surface area (Å²) in [7, 11) is 0. The lowest BCUT2D eigenvalue weighted by molar-refractivity contribution is -0.382. The van der Waals surface area contributed by atoms with Gasteiger partial charge in [0.05, 0.1) is 37.6 Å². The van der Waals surface area contributed by atoms with Gasteiger partial charge in [0.15, 0.2) is 18.9 Å². The highest BCUT2D eigenvalue weighted by Crippen LogP contribution is 2.75. The molecular formula is C46H76O16. The van der Waals surface area contributed by atoms with Gasteiger partial charge in [0.2, 0.25) is 0 Å². The monoisotopic (exact) mass is 885 g/mol. The van der Waals surface area contributed by atoms with E-state index >= 15 is 0 Å². The Bertz CT molecular complexity index is 1590. The van der Waals surface area contributed by atoms with E-state index in [1.54, 1.807) is 0 Å². The van der Waals surface area contributed by atoms with Gasteiger partial charge in [0, 0.05) is 5.41 Å². The van der Waals surface area contributed by atoms with E-state index in [-0.39, 0.29) is 54.3 Å². The number of hydrogen-bond acceptors (Lipinski definition) is 16. The number of fused-ring (bicyclic) bond motifs is 5. The van der Waals surface area contributed by atoms with E-state index in [0.29, 0.717) is 25.7 Å². The molecule has 0 unspecified atom stereocenters. The average Bonchev–Trinajstić information content (AvgIpc) is 3.60. The Morgan fingerprint density at radius 3 is 2.03 bits per heavy atom. The minimum absolute atomic E-state index is 0.0373. The van der Waals surface area contributed by atoms with Gasteiger partial charge in [-0.3, -0.25) is 0 Å². The molecule has 0 spiro atoms. The molecule has 4 aliphatic carbocycles. The zero-order chi connectivity index (χ0) is 45.3. The number of carbonyl (C=O) groups is 1. The topological polar surface area (TPSA) is 255 Å². The summed E-state index contributed by atoms with van der Waals surface area (Å²) in [6.45, 7) is 13.6. The fourth-order valence-corrected chi connectivity index (χ4v) is 14.0. The van der Waals surface area contributed by atoms with Crippen LogP contribution in [0.1, 0.15) is 113 Å². The quantitative estimate of drug-likeness (QED) is 0.0764. The largest absolute Gasteiger partial charge is 0.393 e. The standard InChI is InChI=1S/C46H76O16/c1-23(2)9-8-15-46(56,22-48)26-12-16-43(6)25(26)10-11-30-44(43,7)17-13-29-42(4,5)31(14-18-45(29,30)21-47)60-41-38(62-39-35(54)33(52)27(49)19-57-39)37(28(50)20-58-41)61-40-36(55)34(53)32(51)24(3)59-40/h9,21,24-41,48-56H,8,10-20,22H2,1-7H3/t24-,25+,26-,27+,28-,29+,30-,31+,32-,33-,34+,35+,36+,37-,38+,39+,40-,41+,43+,44+,45-,46+/m0/s1. The summed E-state index contributed by atoms with van der Waals surface area (Å²) in [4.78, 5) is 13.9. The molecule has 16 nitrogen and oxygen atoms in total. The fraction of sp³-hybridized carbons (Fsp3) is 0.935. The zero-order valence-corrected chi connectivity index (χ0v) is 37.6. The summed E-state index contributed by atoms with van der Waals surface area (Å²) in [5, 5.41) is 97.3. The lowest BCUT2D eigenvalue weighted by atomic mass is 9.35. The molecule has 7 fully saturated rings. The van der Waals surface area contributed by atoms with Crippen molar-refractivity contribution in [2.45, 2.75) is 204 Å². The Labute approximate surface area is 365 Å². The predicted octanol–water partition coefficient (Wildman–Crippen LogP) is 1.46. The number of allylic oxidation sites excluding steroid dienone is 2. The summed E-state index contributed by atoms with van der Waals surface area (Å²) in [6, 6.07) is 0. The highest BCUT2D eigenvalue weighted by molar-refractivity contribution is 5.62. The van der Waals surface area contributed by atoms with Crippen molar-refractivity contribution in [1.82, 2.24) is 0 Å². The van der Waals surface area contributed by atoms with Gasteiger partial charge in [-0.25, -0.2) is 0 Å². The minimum atomic E-state index is -1.71. The minimum Gasteiger partial charge on any atom is -0.393 e. The van der Waals surface area contributed by atoms with Gasteiger partial charge < -0.3 is 79.2 Å². The summed E-state index contributed by atoms with van der Waals surface area (Å²) in [6.07, 6.45) is -8.71. The second-order valence-corrected chi connectivity index (χ2v) is 21.5. The van der Waals surface area contributed by atoms with Crippen LogP contribution >= 0.6 is 0 Å². The third-order valence-corrected chi connectivity index (χ3v) is 17.8. The van der Waals surface area contributed by atoms with Gasteiger partial charge in [-0.05, 0) is 125 Å². The molecule has 22 atom stereocenters. The van der Waals surface area contributed by atoms with Crippen molar-refractivity contribution in [2.24, 2.45) is 45.3 Å². The molecule has 3 saturated heterocycles. The number of aliphatic hydroxyl groups is 9. The maximum atomic E-state index is 13.9. The van der Waals surface area contributed by atoms with Gasteiger partial charge >= 0.3 is 0 Å². The smallest absolute Gasteiger partial charge is 0.187 e. The van der Waals surface area contributed by atoms with Crippen LogP contribution in [0.2, 0.25) is 0 Å². The van der Waals surface area contributed by atoms with E-state index in [1.165, 1.54) is 18.8 Å². The van der Waals surface area contributed by atoms with Gasteiger partial charge in [0.1, 0.15) is 61.2 Å². The fourth-order valence-electron chi connectivity index (χ4n) is 14.0. The molecule has 62 heavy (non-hydrogen) atoms. The SMILES string of the molecule is CC(C)=CCC[C@@](O)(CO)[C@H]1CC[C@]2(C)[C@@H]1CC[C@@H]1[C@]3(C=O)CC[C@@H](O[C@H]4OC[C@H](O)[C@H](O[C@@H]5O[C@@H](C)[C@H](O)[C@@H](O)[C@H]5O)[C@H]4O[C@H]4OC[C@@H](O)[C@H](O)[C@H]4O)C(C)(C)[C@H]3CC[C@]12C. The first-order valence-electron chi connectivity index (χ1n) is 23.1. The summed E-state index contributed by atoms with van der Waals surface area (Å²) in [5.41, 5.74) is -1.59. The number of carbonyl (C=O) groups excluding carboxylic acids is 1. The third kappa shape index (κ3) is 8.10. The van der Waals surface area contributed by atoms with E-state index in [0.717, 1.165) is 38.5 Å². The number of ether oxygens (including phenoxy) is 6. The molecule has 0 radical (unpaired) electrons. The Morgan fingerprint density at radius 2 is 1.35 bits per heavy atom. The highest BCUT2D eigenvalue weighted by Gasteiger charge is 2.71. The van der Waals surface area contributed by atoms with Crippen molar-refractivity contribution in [2.75, 3.05) is 19.8 Å². The molecule has 9 N–H and O–H groups in total. The van der Waals surface area contributed by atoms with Gasteiger partial charge in [-0.1, -0.05) is 39.3 Å². The highest BCUT2D eigenvalue weighted by atomic mass is 16.8. The molecule has 7 rings (SSSR count). The maximum absolute atomic E-state index is 13.9.